The molecule has 22 heavy (non-hydrogen) atoms. The first-order valence-electron chi connectivity index (χ1n) is 6.86. The lowest BCUT2D eigenvalue weighted by Crippen LogP contribution is -2.41. The first kappa shape index (κ1) is 15.6. The van der Waals surface area contributed by atoms with Gasteiger partial charge in [0.05, 0.1) is 10.6 Å². The fraction of sp³-hybridized carbons (Fsp3) is 0.467. The second-order valence-corrected chi connectivity index (χ2v) is 5.90. The number of rotatable bonds is 5. The molecule has 7 nitrogen and oxygen atoms in total. The molecule has 1 aliphatic rings. The van der Waals surface area contributed by atoms with Gasteiger partial charge >= 0.3 is 0 Å². The second kappa shape index (κ2) is 5.53. The summed E-state index contributed by atoms with van der Waals surface area (Å²) in [6.07, 6.45) is 1.95. The zero-order valence-electron chi connectivity index (χ0n) is 12.4. The fourth-order valence-corrected chi connectivity index (χ4v) is 2.36. The minimum absolute atomic E-state index is 0.0518. The van der Waals surface area contributed by atoms with E-state index in [4.69, 9.17) is 0 Å². The minimum atomic E-state index is -1.56. The van der Waals surface area contributed by atoms with Gasteiger partial charge in [0.15, 0.2) is 0 Å². The van der Waals surface area contributed by atoms with Crippen molar-refractivity contribution in [2.75, 3.05) is 0 Å². The third-order valence-electron chi connectivity index (χ3n) is 4.23. The lowest BCUT2D eigenvalue weighted by molar-refractivity contribution is -0.384. The highest BCUT2D eigenvalue weighted by atomic mass is 16.6. The van der Waals surface area contributed by atoms with E-state index in [2.05, 4.69) is 10.2 Å². The molecule has 0 bridgehead atoms. The van der Waals surface area contributed by atoms with Gasteiger partial charge in [0, 0.05) is 17.5 Å². The van der Waals surface area contributed by atoms with E-state index in [1.54, 1.807) is 0 Å². The largest absolute Gasteiger partial charge is 0.269 e. The second-order valence-electron chi connectivity index (χ2n) is 5.90. The number of benzene rings is 1. The van der Waals surface area contributed by atoms with Crippen LogP contribution < -0.4 is 0 Å². The van der Waals surface area contributed by atoms with Crippen LogP contribution in [-0.2, 0) is 0 Å². The summed E-state index contributed by atoms with van der Waals surface area (Å²) < 4.78 is 0. The van der Waals surface area contributed by atoms with Gasteiger partial charge in [-0.25, -0.2) is 0 Å². The maximum Gasteiger partial charge on any atom is 0.269 e. The molecule has 1 saturated carbocycles. The van der Waals surface area contributed by atoms with Crippen LogP contribution in [0.15, 0.2) is 34.5 Å². The Hall–Kier alpha value is -2.80. The molecule has 0 spiro atoms. The molecular weight excluding hydrogens is 282 g/mol. The van der Waals surface area contributed by atoms with Crippen LogP contribution in [0, 0.1) is 44.1 Å². The van der Waals surface area contributed by atoms with Crippen LogP contribution in [0.2, 0.25) is 0 Å². The van der Waals surface area contributed by atoms with Crippen LogP contribution in [0.5, 0.6) is 0 Å². The number of nitro benzene ring substituents is 1. The minimum Gasteiger partial charge on any atom is -0.258 e. The van der Waals surface area contributed by atoms with Crippen molar-refractivity contribution >= 4 is 11.4 Å². The number of hydrogen-bond donors (Lipinski definition) is 0. The predicted octanol–water partition coefficient (Wildman–Crippen LogP) is 3.90. The van der Waals surface area contributed by atoms with E-state index in [1.165, 1.54) is 24.3 Å². The summed E-state index contributed by atoms with van der Waals surface area (Å²) in [5, 5.41) is 37.5. The third kappa shape index (κ3) is 2.66. The molecule has 0 saturated heterocycles. The summed E-state index contributed by atoms with van der Waals surface area (Å²) in [6, 6.07) is 9.48. The van der Waals surface area contributed by atoms with Crippen LogP contribution in [0.1, 0.15) is 26.7 Å². The molecule has 1 fully saturated rings. The maximum absolute atomic E-state index is 10.6. The quantitative estimate of drug-likeness (QED) is 0.465. The Morgan fingerprint density at radius 3 is 2.18 bits per heavy atom. The molecule has 0 amide bonds. The monoisotopic (exact) mass is 297 g/mol. The van der Waals surface area contributed by atoms with Gasteiger partial charge in [0.1, 0.15) is 12.1 Å². The van der Waals surface area contributed by atoms with E-state index in [0.717, 1.165) is 12.8 Å². The van der Waals surface area contributed by atoms with Crippen molar-refractivity contribution in [3.05, 3.63) is 34.4 Å². The van der Waals surface area contributed by atoms with E-state index < -0.39 is 15.9 Å². The number of hydrogen-bond acceptors (Lipinski definition) is 6. The van der Waals surface area contributed by atoms with Crippen LogP contribution in [0.25, 0.3) is 0 Å². The first-order valence-corrected chi connectivity index (χ1v) is 6.86. The van der Waals surface area contributed by atoms with Crippen LogP contribution in [0.4, 0.5) is 11.4 Å². The molecule has 0 N–H and O–H groups in total. The van der Waals surface area contributed by atoms with Gasteiger partial charge < -0.3 is 0 Å². The van der Waals surface area contributed by atoms with E-state index in [-0.39, 0.29) is 11.6 Å². The summed E-state index contributed by atoms with van der Waals surface area (Å²) in [7, 11) is 0. The molecule has 0 heterocycles. The first-order chi connectivity index (χ1) is 10.4. The summed E-state index contributed by atoms with van der Waals surface area (Å²) >= 11 is 0. The molecular formula is C15H15N5O2. The Morgan fingerprint density at radius 2 is 1.77 bits per heavy atom. The number of azo groups is 1. The summed E-state index contributed by atoms with van der Waals surface area (Å²) in [4.78, 5) is 10.1. The molecule has 1 aromatic rings. The molecule has 0 atom stereocenters. The van der Waals surface area contributed by atoms with Gasteiger partial charge in [-0.15, -0.1) is 0 Å². The molecule has 112 valence electrons. The van der Waals surface area contributed by atoms with Crippen LogP contribution in [-0.4, -0.2) is 10.5 Å². The lowest BCUT2D eigenvalue weighted by Gasteiger charge is -2.32. The Balaban J connectivity index is 2.30. The van der Waals surface area contributed by atoms with E-state index >= 15 is 0 Å². The molecule has 2 rings (SSSR count). The highest BCUT2D eigenvalue weighted by Crippen LogP contribution is 2.52. The fourth-order valence-electron chi connectivity index (χ4n) is 2.36. The van der Waals surface area contributed by atoms with Gasteiger partial charge in [-0.3, -0.25) is 10.1 Å². The number of nitriles is 2. The molecule has 7 heteroatoms. The van der Waals surface area contributed by atoms with Crippen molar-refractivity contribution in [2.24, 2.45) is 21.6 Å². The number of non-ortho nitro benzene ring substituents is 1. The van der Waals surface area contributed by atoms with E-state index in [1.807, 2.05) is 26.0 Å². The lowest BCUT2D eigenvalue weighted by atomic mass is 9.70. The van der Waals surface area contributed by atoms with E-state index in [9.17, 15) is 20.6 Å². The molecule has 0 aromatic heterocycles. The molecule has 0 unspecified atom stereocenters. The van der Waals surface area contributed by atoms with Crippen molar-refractivity contribution in [1.29, 1.82) is 10.5 Å². The van der Waals surface area contributed by atoms with E-state index in [0.29, 0.717) is 5.69 Å². The Kier molecular flexibility index (Phi) is 3.92. The van der Waals surface area contributed by atoms with Gasteiger partial charge in [-0.1, -0.05) is 13.8 Å². The van der Waals surface area contributed by atoms with Gasteiger partial charge in [-0.2, -0.15) is 20.8 Å². The predicted molar refractivity (Wildman–Crippen MR) is 78.1 cm³/mol. The summed E-state index contributed by atoms with van der Waals surface area (Å²) in [5.74, 6) is 0.280. The van der Waals surface area contributed by atoms with Crippen molar-refractivity contribution in [3.8, 4) is 12.1 Å². The third-order valence-corrected chi connectivity index (χ3v) is 4.23. The smallest absolute Gasteiger partial charge is 0.258 e. The Bertz CT molecular complexity index is 676. The highest BCUT2D eigenvalue weighted by molar-refractivity contribution is 5.44. The highest BCUT2D eigenvalue weighted by Gasteiger charge is 2.55. The number of nitrogens with zero attached hydrogens (tertiary/aromatic N) is 5. The van der Waals surface area contributed by atoms with Gasteiger partial charge in [0.25, 0.3) is 11.2 Å². The van der Waals surface area contributed by atoms with Crippen molar-refractivity contribution in [1.82, 2.24) is 0 Å². The molecule has 1 aliphatic carbocycles. The average molecular weight is 297 g/mol. The number of nitro groups is 1. The standard InChI is InChI=1S/C15H15N5O2/c1-14(2,11-3-4-11)15(9-16,10-17)19-18-12-5-7-13(8-6-12)20(21)22/h5-8,11H,3-4H2,1-2H3. The van der Waals surface area contributed by atoms with Crippen LogP contribution >= 0.6 is 0 Å². The van der Waals surface area contributed by atoms with Gasteiger partial charge in [-0.05, 0) is 30.9 Å². The zero-order valence-corrected chi connectivity index (χ0v) is 12.4. The summed E-state index contributed by atoms with van der Waals surface area (Å²) in [6.45, 7) is 3.71. The molecule has 1 aromatic carbocycles. The van der Waals surface area contributed by atoms with Gasteiger partial charge in [0.2, 0.25) is 0 Å². The normalized spacial score (nSPS) is 15.3. The SMILES string of the molecule is CC(C)(C1CC1)C(C#N)(C#N)N=Nc1ccc([N+](=O)[O-])cc1. The van der Waals surface area contributed by atoms with Crippen molar-refractivity contribution in [3.63, 3.8) is 0 Å². The maximum atomic E-state index is 10.6. The Labute approximate surface area is 128 Å². The van der Waals surface area contributed by atoms with Crippen molar-refractivity contribution < 1.29 is 4.92 Å². The average Bonchev–Trinajstić information content (AvgIpc) is 3.34. The summed E-state index contributed by atoms with van der Waals surface area (Å²) in [5.41, 5.74) is -1.84. The van der Waals surface area contributed by atoms with Crippen molar-refractivity contribution in [2.45, 2.75) is 32.2 Å². The van der Waals surface area contributed by atoms with Crippen LogP contribution in [0.3, 0.4) is 0 Å². The zero-order chi connectivity index (χ0) is 16.4. The molecule has 0 aliphatic heterocycles. The topological polar surface area (TPSA) is 115 Å². The Morgan fingerprint density at radius 1 is 1.23 bits per heavy atom. The molecule has 0 radical (unpaired) electrons.